The molecule has 0 bridgehead atoms. The highest BCUT2D eigenvalue weighted by Gasteiger charge is 2.23. The zero-order valence-corrected chi connectivity index (χ0v) is 18.6. The molecule has 1 N–H and O–H groups in total. The van der Waals surface area contributed by atoms with Gasteiger partial charge in [0.05, 0.1) is 0 Å². The van der Waals surface area contributed by atoms with E-state index in [0.717, 1.165) is 16.6 Å². The molecule has 1 heterocycles. The quantitative estimate of drug-likeness (QED) is 0.352. The first-order chi connectivity index (χ1) is 15.5. The molecule has 0 spiro atoms. The number of aromatic nitrogens is 1. The van der Waals surface area contributed by atoms with E-state index in [-0.39, 0.29) is 17.6 Å². The van der Waals surface area contributed by atoms with Gasteiger partial charge in [0.1, 0.15) is 5.82 Å². The summed E-state index contributed by atoms with van der Waals surface area (Å²) in [6, 6.07) is 24.9. The lowest BCUT2D eigenvalue weighted by atomic mass is 9.85. The molecular formula is C28H29FN2O. The van der Waals surface area contributed by atoms with Gasteiger partial charge in [-0.2, -0.15) is 0 Å². The molecule has 0 aliphatic rings. The normalized spacial score (nSPS) is 12.2. The first kappa shape index (κ1) is 21.8. The average molecular weight is 429 g/mol. The fourth-order valence-electron chi connectivity index (χ4n) is 4.26. The lowest BCUT2D eigenvalue weighted by Crippen LogP contribution is -2.26. The second-order valence-corrected chi connectivity index (χ2v) is 8.67. The Morgan fingerprint density at radius 2 is 1.59 bits per heavy atom. The molecule has 0 radical (unpaired) electrons. The van der Waals surface area contributed by atoms with Crippen LogP contribution in [0.15, 0.2) is 85.1 Å². The summed E-state index contributed by atoms with van der Waals surface area (Å²) < 4.78 is 15.5. The molecular weight excluding hydrogens is 399 g/mol. The van der Waals surface area contributed by atoms with Crippen LogP contribution in [0, 0.1) is 11.7 Å². The van der Waals surface area contributed by atoms with Crippen molar-refractivity contribution in [2.24, 2.45) is 5.92 Å². The predicted octanol–water partition coefficient (Wildman–Crippen LogP) is 6.27. The van der Waals surface area contributed by atoms with Gasteiger partial charge < -0.3 is 9.88 Å². The molecule has 4 heteroatoms. The number of nitrogens with zero attached hydrogens (tertiary/aromatic N) is 1. The van der Waals surface area contributed by atoms with Gasteiger partial charge in [-0.05, 0) is 46.7 Å². The maximum Gasteiger partial charge on any atom is 0.220 e. The fraction of sp³-hybridized carbons (Fsp3) is 0.250. The minimum absolute atomic E-state index is 0.0583. The van der Waals surface area contributed by atoms with Crippen LogP contribution in [-0.2, 0) is 17.9 Å². The molecule has 0 aliphatic carbocycles. The smallest absolute Gasteiger partial charge is 0.220 e. The van der Waals surface area contributed by atoms with Crippen molar-refractivity contribution in [2.75, 3.05) is 0 Å². The van der Waals surface area contributed by atoms with Crippen molar-refractivity contribution in [3.63, 3.8) is 0 Å². The van der Waals surface area contributed by atoms with E-state index in [1.165, 1.54) is 23.1 Å². The Morgan fingerprint density at radius 3 is 2.31 bits per heavy atom. The van der Waals surface area contributed by atoms with E-state index >= 15 is 0 Å². The zero-order valence-electron chi connectivity index (χ0n) is 18.6. The van der Waals surface area contributed by atoms with E-state index in [1.807, 2.05) is 54.6 Å². The Bertz CT molecular complexity index is 1180. The summed E-state index contributed by atoms with van der Waals surface area (Å²) in [5.74, 6) is 0.240. The number of hydrogen-bond acceptors (Lipinski definition) is 1. The highest BCUT2D eigenvalue weighted by molar-refractivity contribution is 5.86. The Labute approximate surface area is 188 Å². The van der Waals surface area contributed by atoms with Crippen LogP contribution >= 0.6 is 0 Å². The van der Waals surface area contributed by atoms with Crippen molar-refractivity contribution >= 4 is 16.8 Å². The summed E-state index contributed by atoms with van der Waals surface area (Å²) in [6.45, 7) is 5.53. The van der Waals surface area contributed by atoms with Crippen molar-refractivity contribution in [1.29, 1.82) is 0 Å². The molecule has 1 amide bonds. The molecule has 4 rings (SSSR count). The van der Waals surface area contributed by atoms with Gasteiger partial charge in [-0.1, -0.05) is 74.5 Å². The molecule has 1 unspecified atom stereocenters. The molecule has 0 saturated carbocycles. The molecule has 4 aromatic rings. The van der Waals surface area contributed by atoms with Crippen LogP contribution < -0.4 is 5.32 Å². The second kappa shape index (κ2) is 9.82. The second-order valence-electron chi connectivity index (χ2n) is 8.67. The van der Waals surface area contributed by atoms with Crippen LogP contribution in [-0.4, -0.2) is 10.5 Å². The minimum Gasteiger partial charge on any atom is -0.352 e. The number of carbonyl (C=O) groups is 1. The van der Waals surface area contributed by atoms with Gasteiger partial charge >= 0.3 is 0 Å². The molecule has 1 atom stereocenters. The first-order valence-electron chi connectivity index (χ1n) is 11.1. The predicted molar refractivity (Wildman–Crippen MR) is 128 cm³/mol. The summed E-state index contributed by atoms with van der Waals surface area (Å²) in [7, 11) is 0. The maximum absolute atomic E-state index is 13.3. The molecule has 164 valence electrons. The molecule has 1 aromatic heterocycles. The van der Waals surface area contributed by atoms with Crippen molar-refractivity contribution in [2.45, 2.75) is 39.3 Å². The summed E-state index contributed by atoms with van der Waals surface area (Å²) in [5, 5.41) is 4.24. The molecule has 3 aromatic carbocycles. The molecule has 0 fully saturated rings. The topological polar surface area (TPSA) is 34.0 Å². The summed E-state index contributed by atoms with van der Waals surface area (Å²) in [4.78, 5) is 12.8. The Balaban J connectivity index is 1.57. The van der Waals surface area contributed by atoms with E-state index in [0.29, 0.717) is 25.4 Å². The van der Waals surface area contributed by atoms with Crippen molar-refractivity contribution < 1.29 is 9.18 Å². The number of carbonyl (C=O) groups excluding carboxylic acids is 1. The number of hydrogen-bond donors (Lipinski definition) is 1. The van der Waals surface area contributed by atoms with Crippen LogP contribution in [0.1, 0.15) is 42.9 Å². The molecule has 0 aliphatic heterocycles. The van der Waals surface area contributed by atoms with Crippen LogP contribution in [0.5, 0.6) is 0 Å². The number of para-hydroxylation sites is 1. The van der Waals surface area contributed by atoms with Gasteiger partial charge in [0.2, 0.25) is 5.91 Å². The summed E-state index contributed by atoms with van der Waals surface area (Å²) in [6.07, 6.45) is 2.61. The van der Waals surface area contributed by atoms with Gasteiger partial charge in [0.15, 0.2) is 0 Å². The van der Waals surface area contributed by atoms with Crippen molar-refractivity contribution in [1.82, 2.24) is 9.88 Å². The highest BCUT2D eigenvalue weighted by Crippen LogP contribution is 2.35. The molecule has 3 nitrogen and oxygen atoms in total. The Hall–Kier alpha value is -3.40. The van der Waals surface area contributed by atoms with Gasteiger partial charge in [0.25, 0.3) is 0 Å². The number of nitrogens with one attached hydrogen (secondary N) is 1. The third-order valence-electron chi connectivity index (χ3n) is 6.03. The largest absolute Gasteiger partial charge is 0.352 e. The van der Waals surface area contributed by atoms with Crippen molar-refractivity contribution in [3.05, 3.63) is 108 Å². The fourth-order valence-corrected chi connectivity index (χ4v) is 4.26. The molecule has 0 saturated heterocycles. The van der Waals surface area contributed by atoms with Gasteiger partial charge in [-0.3, -0.25) is 4.79 Å². The van der Waals surface area contributed by atoms with Crippen LogP contribution in [0.25, 0.3) is 10.9 Å². The number of fused-ring (bicyclic) bond motifs is 1. The Morgan fingerprint density at radius 1 is 0.906 bits per heavy atom. The highest BCUT2D eigenvalue weighted by atomic mass is 19.1. The van der Waals surface area contributed by atoms with Gasteiger partial charge in [-0.15, -0.1) is 0 Å². The number of rotatable bonds is 8. The number of amides is 1. The van der Waals surface area contributed by atoms with E-state index < -0.39 is 0 Å². The third kappa shape index (κ3) is 5.08. The van der Waals surface area contributed by atoms with E-state index in [2.05, 4.69) is 42.1 Å². The SMILES string of the molecule is CC(C)C(CC(=O)NCc1ccccc1)c1cn(Cc2ccc(F)cc2)c2ccccc12. The van der Waals surface area contributed by atoms with E-state index in [9.17, 15) is 9.18 Å². The molecule has 32 heavy (non-hydrogen) atoms. The maximum atomic E-state index is 13.3. The van der Waals surface area contributed by atoms with E-state index in [1.54, 1.807) is 0 Å². The average Bonchev–Trinajstić information content (AvgIpc) is 3.16. The zero-order chi connectivity index (χ0) is 22.5. The van der Waals surface area contributed by atoms with E-state index in [4.69, 9.17) is 0 Å². The lowest BCUT2D eigenvalue weighted by molar-refractivity contribution is -0.121. The van der Waals surface area contributed by atoms with Crippen LogP contribution in [0.4, 0.5) is 4.39 Å². The summed E-state index contributed by atoms with van der Waals surface area (Å²) in [5.41, 5.74) is 4.45. The van der Waals surface area contributed by atoms with Gasteiger partial charge in [-0.25, -0.2) is 4.39 Å². The number of halogens is 1. The third-order valence-corrected chi connectivity index (χ3v) is 6.03. The van der Waals surface area contributed by atoms with Gasteiger partial charge in [0, 0.05) is 36.6 Å². The number of benzene rings is 3. The standard InChI is InChI=1S/C28H29FN2O/c1-20(2)25(16-28(32)30-17-21-8-4-3-5-9-21)26-19-31(27-11-7-6-10-24(26)27)18-22-12-14-23(29)15-13-22/h3-15,19-20,25H,16-18H2,1-2H3,(H,30,32). The van der Waals surface area contributed by atoms with Crippen molar-refractivity contribution in [3.8, 4) is 0 Å². The van der Waals surface area contributed by atoms with Crippen LogP contribution in [0.2, 0.25) is 0 Å². The van der Waals surface area contributed by atoms with Crippen LogP contribution in [0.3, 0.4) is 0 Å². The lowest BCUT2D eigenvalue weighted by Gasteiger charge is -2.20. The first-order valence-corrected chi connectivity index (χ1v) is 11.1. The summed E-state index contributed by atoms with van der Waals surface area (Å²) >= 11 is 0. The minimum atomic E-state index is -0.229. The Kier molecular flexibility index (Phi) is 6.69. The monoisotopic (exact) mass is 428 g/mol.